The second-order valence-corrected chi connectivity index (χ2v) is 6.31. The van der Waals surface area contributed by atoms with Gasteiger partial charge in [-0.3, -0.25) is 10.1 Å². The van der Waals surface area contributed by atoms with Gasteiger partial charge in [0.2, 0.25) is 10.0 Å². The molecule has 0 fully saturated rings. The van der Waals surface area contributed by atoms with Gasteiger partial charge in [0.1, 0.15) is 0 Å². The Hall–Kier alpha value is -1.77. The average Bonchev–Trinajstić information content (AvgIpc) is 2.37. The molecule has 1 atom stereocenters. The van der Waals surface area contributed by atoms with Crippen molar-refractivity contribution in [2.24, 2.45) is 4.99 Å². The number of nitrogens with zero attached hydrogens (tertiary/aromatic N) is 1. The van der Waals surface area contributed by atoms with Gasteiger partial charge in [0.15, 0.2) is 5.25 Å². The molecule has 0 aromatic heterocycles. The number of halogens is 1. The molecule has 1 heterocycles. The SMILES string of the molecule is O=C1N=CC(S(=O)(=O)NCc2ccc(Cl)cc2)C(=O)N1. The minimum Gasteiger partial charge on any atom is -0.275 e. The van der Waals surface area contributed by atoms with Gasteiger partial charge in [0.05, 0.1) is 0 Å². The molecule has 1 aromatic rings. The van der Waals surface area contributed by atoms with E-state index < -0.39 is 27.2 Å². The summed E-state index contributed by atoms with van der Waals surface area (Å²) >= 11 is 5.72. The maximum atomic E-state index is 11.9. The van der Waals surface area contributed by atoms with E-state index in [0.29, 0.717) is 10.6 Å². The summed E-state index contributed by atoms with van der Waals surface area (Å²) in [6.07, 6.45) is 0.811. The molecule has 0 saturated heterocycles. The van der Waals surface area contributed by atoms with Crippen molar-refractivity contribution in [1.29, 1.82) is 0 Å². The van der Waals surface area contributed by atoms with E-state index in [1.807, 2.05) is 5.32 Å². The predicted octanol–water partition coefficient (Wildman–Crippen LogP) is 0.449. The highest BCUT2D eigenvalue weighted by atomic mass is 35.5. The summed E-state index contributed by atoms with van der Waals surface area (Å²) in [6.45, 7) is 0.00503. The molecule has 0 radical (unpaired) electrons. The number of benzene rings is 1. The summed E-state index contributed by atoms with van der Waals surface area (Å²) in [5.41, 5.74) is 0.683. The zero-order valence-electron chi connectivity index (χ0n) is 10.0. The van der Waals surface area contributed by atoms with Crippen LogP contribution in [0.3, 0.4) is 0 Å². The lowest BCUT2D eigenvalue weighted by Crippen LogP contribution is -2.50. The molecule has 7 nitrogen and oxygen atoms in total. The van der Waals surface area contributed by atoms with E-state index in [0.717, 1.165) is 6.21 Å². The fraction of sp³-hybridized carbons (Fsp3) is 0.182. The minimum atomic E-state index is -3.96. The summed E-state index contributed by atoms with van der Waals surface area (Å²) in [6, 6.07) is 5.68. The maximum Gasteiger partial charge on any atom is 0.347 e. The van der Waals surface area contributed by atoms with E-state index in [-0.39, 0.29) is 6.54 Å². The van der Waals surface area contributed by atoms with Crippen LogP contribution < -0.4 is 10.0 Å². The highest BCUT2D eigenvalue weighted by Crippen LogP contribution is 2.10. The second-order valence-electron chi connectivity index (χ2n) is 3.99. The lowest BCUT2D eigenvalue weighted by Gasteiger charge is -2.16. The van der Waals surface area contributed by atoms with Crippen molar-refractivity contribution >= 4 is 39.8 Å². The van der Waals surface area contributed by atoms with E-state index in [4.69, 9.17) is 11.6 Å². The number of hydrogen-bond acceptors (Lipinski definition) is 4. The monoisotopic (exact) mass is 315 g/mol. The first kappa shape index (κ1) is 14.6. The van der Waals surface area contributed by atoms with Crippen molar-refractivity contribution < 1.29 is 18.0 Å². The quantitative estimate of drug-likeness (QED) is 0.841. The van der Waals surface area contributed by atoms with Crippen LogP contribution in [0.5, 0.6) is 0 Å². The molecule has 1 aliphatic rings. The van der Waals surface area contributed by atoms with Crippen LogP contribution in [0.2, 0.25) is 5.02 Å². The Kier molecular flexibility index (Phi) is 4.17. The average molecular weight is 316 g/mol. The Morgan fingerprint density at radius 2 is 1.90 bits per heavy atom. The first-order chi connectivity index (χ1) is 9.38. The molecule has 0 spiro atoms. The van der Waals surface area contributed by atoms with E-state index in [2.05, 4.69) is 9.71 Å². The number of rotatable bonds is 4. The van der Waals surface area contributed by atoms with Crippen LogP contribution in [0.4, 0.5) is 4.79 Å². The minimum absolute atomic E-state index is 0.00503. The van der Waals surface area contributed by atoms with Gasteiger partial charge in [-0.1, -0.05) is 23.7 Å². The Morgan fingerprint density at radius 1 is 1.25 bits per heavy atom. The molecule has 2 rings (SSSR count). The highest BCUT2D eigenvalue weighted by molar-refractivity contribution is 7.91. The van der Waals surface area contributed by atoms with E-state index in [9.17, 15) is 18.0 Å². The Morgan fingerprint density at radius 3 is 2.50 bits per heavy atom. The van der Waals surface area contributed by atoms with Gasteiger partial charge in [-0.15, -0.1) is 0 Å². The van der Waals surface area contributed by atoms with Crippen LogP contribution in [-0.2, 0) is 21.4 Å². The molecule has 20 heavy (non-hydrogen) atoms. The molecule has 9 heteroatoms. The summed E-state index contributed by atoms with van der Waals surface area (Å²) < 4.78 is 26.2. The van der Waals surface area contributed by atoms with Gasteiger partial charge in [-0.2, -0.15) is 0 Å². The molecule has 1 aromatic carbocycles. The summed E-state index contributed by atoms with van der Waals surface area (Å²) in [5, 5.41) is 0.844. The number of hydrogen-bond donors (Lipinski definition) is 2. The number of amides is 3. The van der Waals surface area contributed by atoms with Crippen LogP contribution >= 0.6 is 11.6 Å². The highest BCUT2D eigenvalue weighted by Gasteiger charge is 2.34. The van der Waals surface area contributed by atoms with E-state index >= 15 is 0 Å². The Labute approximate surface area is 120 Å². The molecular formula is C11H10ClN3O4S. The summed E-state index contributed by atoms with van der Waals surface area (Å²) in [5.74, 6) is -0.923. The topological polar surface area (TPSA) is 105 Å². The molecule has 3 amide bonds. The first-order valence-corrected chi connectivity index (χ1v) is 7.43. The predicted molar refractivity (Wildman–Crippen MR) is 73.0 cm³/mol. The van der Waals surface area contributed by atoms with Gasteiger partial charge < -0.3 is 0 Å². The summed E-state index contributed by atoms with van der Waals surface area (Å²) in [7, 11) is -3.96. The zero-order chi connectivity index (χ0) is 14.8. The summed E-state index contributed by atoms with van der Waals surface area (Å²) in [4.78, 5) is 25.5. The van der Waals surface area contributed by atoms with Crippen molar-refractivity contribution in [1.82, 2.24) is 10.0 Å². The largest absolute Gasteiger partial charge is 0.347 e. The molecule has 2 N–H and O–H groups in total. The van der Waals surface area contributed by atoms with Crippen molar-refractivity contribution in [3.05, 3.63) is 34.9 Å². The van der Waals surface area contributed by atoms with Crippen molar-refractivity contribution in [3.8, 4) is 0 Å². The second kappa shape index (κ2) is 5.70. The third-order valence-electron chi connectivity index (χ3n) is 2.54. The van der Waals surface area contributed by atoms with Gasteiger partial charge in [-0.25, -0.2) is 22.9 Å². The van der Waals surface area contributed by atoms with Crippen LogP contribution in [-0.4, -0.2) is 31.8 Å². The molecule has 0 aliphatic carbocycles. The first-order valence-electron chi connectivity index (χ1n) is 5.50. The lowest BCUT2D eigenvalue weighted by atomic mass is 10.2. The normalized spacial score (nSPS) is 18.9. The van der Waals surface area contributed by atoms with E-state index in [1.54, 1.807) is 24.3 Å². The number of nitrogens with one attached hydrogen (secondary N) is 2. The fourth-order valence-corrected chi connectivity index (χ4v) is 2.74. The van der Waals surface area contributed by atoms with Crippen LogP contribution in [0.25, 0.3) is 0 Å². The fourth-order valence-electron chi connectivity index (χ4n) is 1.51. The van der Waals surface area contributed by atoms with Crippen LogP contribution in [0, 0.1) is 0 Å². The third-order valence-corrected chi connectivity index (χ3v) is 4.34. The van der Waals surface area contributed by atoms with Crippen molar-refractivity contribution in [3.63, 3.8) is 0 Å². The zero-order valence-corrected chi connectivity index (χ0v) is 11.6. The van der Waals surface area contributed by atoms with Gasteiger partial charge in [-0.05, 0) is 17.7 Å². The molecule has 0 saturated carbocycles. The molecule has 1 unspecified atom stereocenters. The van der Waals surface area contributed by atoms with Crippen LogP contribution in [0.15, 0.2) is 29.3 Å². The number of aliphatic imine (C=N–C) groups is 1. The smallest absolute Gasteiger partial charge is 0.275 e. The molecule has 0 bridgehead atoms. The molecule has 1 aliphatic heterocycles. The Balaban J connectivity index is 2.08. The Bertz CT molecular complexity index is 669. The maximum absolute atomic E-state index is 11.9. The molecule has 106 valence electrons. The number of carbonyl (C=O) groups excluding carboxylic acids is 2. The van der Waals surface area contributed by atoms with Crippen LogP contribution in [0.1, 0.15) is 5.56 Å². The lowest BCUT2D eigenvalue weighted by molar-refractivity contribution is -0.118. The standard InChI is InChI=1S/C11H10ClN3O4S/c12-8-3-1-7(2-4-8)5-14-20(18,19)9-6-13-11(17)15-10(9)16/h1-4,6,9,14H,5H2,(H,15,16,17). The molecular weight excluding hydrogens is 306 g/mol. The van der Waals surface area contributed by atoms with Gasteiger partial charge in [0, 0.05) is 17.8 Å². The number of urea groups is 1. The third kappa shape index (κ3) is 3.41. The van der Waals surface area contributed by atoms with Gasteiger partial charge in [0.25, 0.3) is 5.91 Å². The number of imide groups is 1. The number of sulfonamides is 1. The van der Waals surface area contributed by atoms with Gasteiger partial charge >= 0.3 is 6.03 Å². The number of carbonyl (C=O) groups is 2. The van der Waals surface area contributed by atoms with Crippen molar-refractivity contribution in [2.45, 2.75) is 11.8 Å². The van der Waals surface area contributed by atoms with Crippen molar-refractivity contribution in [2.75, 3.05) is 0 Å². The van der Waals surface area contributed by atoms with E-state index in [1.165, 1.54) is 0 Å².